The summed E-state index contributed by atoms with van der Waals surface area (Å²) >= 11 is 0. The Morgan fingerprint density at radius 1 is 0.707 bits per heavy atom. The van der Waals surface area contributed by atoms with Crippen molar-refractivity contribution in [2.24, 2.45) is 0 Å². The summed E-state index contributed by atoms with van der Waals surface area (Å²) < 4.78 is 31.7. The molecular weight excluding hydrogens is 524 g/mol. The van der Waals surface area contributed by atoms with Gasteiger partial charge in [0.1, 0.15) is 18.3 Å². The summed E-state index contributed by atoms with van der Waals surface area (Å²) in [6, 6.07) is 32.2. The Hall–Kier alpha value is -4.15. The highest BCUT2D eigenvalue weighted by Crippen LogP contribution is 2.33. The van der Waals surface area contributed by atoms with E-state index in [1.165, 1.54) is 18.3 Å². The Kier molecular flexibility index (Phi) is 9.66. The van der Waals surface area contributed by atoms with Gasteiger partial charge < -0.3 is 23.7 Å². The lowest BCUT2D eigenvalue weighted by atomic mass is 9.98. The number of benzene rings is 3. The van der Waals surface area contributed by atoms with Gasteiger partial charge in [0.2, 0.25) is 6.29 Å². The Balaban J connectivity index is 1.45. The van der Waals surface area contributed by atoms with Crippen LogP contribution in [0, 0.1) is 10.1 Å². The molecule has 0 spiro atoms. The first-order chi connectivity index (χ1) is 20.1. The zero-order chi connectivity index (χ0) is 28.4. The average Bonchev–Trinajstić information content (AvgIpc) is 3.01. The van der Waals surface area contributed by atoms with Crippen molar-refractivity contribution in [1.82, 2.24) is 4.98 Å². The molecule has 1 fully saturated rings. The monoisotopic (exact) mass is 556 g/mol. The van der Waals surface area contributed by atoms with Crippen molar-refractivity contribution >= 4 is 5.69 Å². The number of ether oxygens (including phenoxy) is 5. The van der Waals surface area contributed by atoms with Gasteiger partial charge in [0.25, 0.3) is 5.88 Å². The van der Waals surface area contributed by atoms with Gasteiger partial charge in [0.15, 0.2) is 0 Å². The summed E-state index contributed by atoms with van der Waals surface area (Å²) in [4.78, 5) is 15.3. The highest BCUT2D eigenvalue weighted by Gasteiger charge is 2.48. The van der Waals surface area contributed by atoms with Gasteiger partial charge in [-0.05, 0) is 29.7 Å². The largest absolute Gasteiger partial charge is 0.440 e. The topological polar surface area (TPSA) is 102 Å². The highest BCUT2D eigenvalue weighted by atomic mass is 16.7. The van der Waals surface area contributed by atoms with Crippen molar-refractivity contribution in [2.45, 2.75) is 57.5 Å². The van der Waals surface area contributed by atoms with Crippen LogP contribution in [0.5, 0.6) is 5.88 Å². The molecule has 5 rings (SSSR count). The maximum atomic E-state index is 11.7. The molecule has 0 N–H and O–H groups in total. The van der Waals surface area contributed by atoms with Crippen LogP contribution in [0.15, 0.2) is 109 Å². The summed E-state index contributed by atoms with van der Waals surface area (Å²) in [6.45, 7) is 2.74. The van der Waals surface area contributed by atoms with E-state index in [0.717, 1.165) is 16.7 Å². The number of pyridine rings is 1. The van der Waals surface area contributed by atoms with Crippen LogP contribution in [0.1, 0.15) is 23.6 Å². The molecule has 1 aromatic heterocycles. The lowest BCUT2D eigenvalue weighted by Crippen LogP contribution is -2.61. The minimum absolute atomic E-state index is 0.159. The molecule has 1 aliphatic rings. The fraction of sp³-hybridized carbons (Fsp3) is 0.281. The second kappa shape index (κ2) is 14.0. The number of aromatic nitrogens is 1. The van der Waals surface area contributed by atoms with Crippen LogP contribution in [0.25, 0.3) is 0 Å². The first kappa shape index (κ1) is 28.4. The highest BCUT2D eigenvalue weighted by molar-refractivity contribution is 5.39. The second-order valence-corrected chi connectivity index (χ2v) is 9.70. The molecule has 1 aliphatic heterocycles. The fourth-order valence-electron chi connectivity index (χ4n) is 4.69. The van der Waals surface area contributed by atoms with Gasteiger partial charge in [-0.15, -0.1) is 0 Å². The van der Waals surface area contributed by atoms with Crippen molar-refractivity contribution in [1.29, 1.82) is 0 Å². The maximum Gasteiger partial charge on any atom is 0.331 e. The van der Waals surface area contributed by atoms with E-state index in [1.807, 2.05) is 97.9 Å². The van der Waals surface area contributed by atoms with Crippen molar-refractivity contribution in [3.8, 4) is 5.88 Å². The number of nitrogens with zero attached hydrogens (tertiary/aromatic N) is 2. The van der Waals surface area contributed by atoms with E-state index < -0.39 is 35.6 Å². The number of nitro groups is 1. The molecule has 9 nitrogen and oxygen atoms in total. The van der Waals surface area contributed by atoms with Gasteiger partial charge in [-0.1, -0.05) is 91.0 Å². The van der Waals surface area contributed by atoms with Crippen LogP contribution in [-0.4, -0.2) is 40.6 Å². The quantitative estimate of drug-likeness (QED) is 0.158. The molecule has 4 aromatic rings. The van der Waals surface area contributed by atoms with Gasteiger partial charge in [0, 0.05) is 12.3 Å². The molecule has 9 heteroatoms. The average molecular weight is 557 g/mol. The van der Waals surface area contributed by atoms with E-state index in [1.54, 1.807) is 0 Å². The molecule has 41 heavy (non-hydrogen) atoms. The Bertz CT molecular complexity index is 1370. The summed E-state index contributed by atoms with van der Waals surface area (Å²) in [7, 11) is 0. The van der Waals surface area contributed by atoms with Crippen LogP contribution < -0.4 is 4.74 Å². The van der Waals surface area contributed by atoms with Gasteiger partial charge in [-0.25, -0.2) is 4.98 Å². The summed E-state index contributed by atoms with van der Waals surface area (Å²) in [5, 5.41) is 11.7. The second-order valence-electron chi connectivity index (χ2n) is 9.70. The molecule has 3 unspecified atom stereocenters. The fourth-order valence-corrected chi connectivity index (χ4v) is 4.69. The summed E-state index contributed by atoms with van der Waals surface area (Å²) in [5.74, 6) is -0.159. The van der Waals surface area contributed by atoms with E-state index in [0.29, 0.717) is 13.2 Å². The lowest BCUT2D eigenvalue weighted by Gasteiger charge is -2.44. The van der Waals surface area contributed by atoms with E-state index in [-0.39, 0.29) is 18.2 Å². The van der Waals surface area contributed by atoms with Crippen molar-refractivity contribution in [3.05, 3.63) is 136 Å². The molecule has 0 saturated carbocycles. The van der Waals surface area contributed by atoms with Crippen LogP contribution in [0.2, 0.25) is 0 Å². The molecule has 0 aliphatic carbocycles. The maximum absolute atomic E-state index is 11.7. The smallest absolute Gasteiger partial charge is 0.331 e. The lowest BCUT2D eigenvalue weighted by molar-refractivity contribution is -0.387. The van der Waals surface area contributed by atoms with Crippen molar-refractivity contribution < 1.29 is 28.6 Å². The van der Waals surface area contributed by atoms with Crippen LogP contribution in [0.3, 0.4) is 0 Å². The van der Waals surface area contributed by atoms with E-state index >= 15 is 0 Å². The third-order valence-corrected chi connectivity index (χ3v) is 6.76. The first-order valence-electron chi connectivity index (χ1n) is 13.5. The summed E-state index contributed by atoms with van der Waals surface area (Å²) in [5.41, 5.74) is 2.66. The predicted molar refractivity (Wildman–Crippen MR) is 151 cm³/mol. The Morgan fingerprint density at radius 3 is 1.71 bits per heavy atom. The number of hydrogen-bond acceptors (Lipinski definition) is 8. The van der Waals surface area contributed by atoms with Gasteiger partial charge in [-0.2, -0.15) is 0 Å². The van der Waals surface area contributed by atoms with Crippen LogP contribution in [0.4, 0.5) is 5.69 Å². The molecule has 0 bridgehead atoms. The molecule has 5 atom stereocenters. The molecule has 0 radical (unpaired) electrons. The van der Waals surface area contributed by atoms with Crippen molar-refractivity contribution in [3.63, 3.8) is 0 Å². The minimum Gasteiger partial charge on any atom is -0.440 e. The minimum atomic E-state index is -1.06. The van der Waals surface area contributed by atoms with Gasteiger partial charge in [0.05, 0.1) is 30.8 Å². The Labute approximate surface area is 238 Å². The zero-order valence-electron chi connectivity index (χ0n) is 22.7. The van der Waals surface area contributed by atoms with Gasteiger partial charge in [-0.3, -0.25) is 10.1 Å². The van der Waals surface area contributed by atoms with Crippen LogP contribution >= 0.6 is 0 Å². The van der Waals surface area contributed by atoms with Crippen LogP contribution in [-0.2, 0) is 38.8 Å². The summed E-state index contributed by atoms with van der Waals surface area (Å²) in [6.07, 6.45) is -2.10. The molecular formula is C32H32N2O7. The molecule has 1 saturated heterocycles. The Morgan fingerprint density at radius 2 is 1.20 bits per heavy atom. The standard InChI is InChI=1S/C32H32N2O7/c1-23-28(37-20-24-12-5-2-6-13-24)29(38-21-25-14-7-3-8-15-25)30(39-22-26-16-9-4-10-17-26)32(40-23)41-31-27(34(35)36)18-11-19-33-31/h2-19,23,28-30,32H,20-22H2,1H3/t23?,28-,29?,30?,32-/m1/s1. The SMILES string of the molecule is CC1O[C@H](Oc2ncccc2[N+](=O)[O-])C(OCc2ccccc2)C(OCc2ccccc2)[C@@H]1OCc1ccccc1. The zero-order valence-corrected chi connectivity index (χ0v) is 22.7. The third kappa shape index (κ3) is 7.53. The normalized spacial score (nSPS) is 22.2. The molecule has 3 aromatic carbocycles. The van der Waals surface area contributed by atoms with E-state index in [9.17, 15) is 10.1 Å². The molecule has 2 heterocycles. The first-order valence-corrected chi connectivity index (χ1v) is 13.5. The molecule has 212 valence electrons. The van der Waals surface area contributed by atoms with E-state index in [2.05, 4.69) is 4.98 Å². The molecule has 0 amide bonds. The van der Waals surface area contributed by atoms with E-state index in [4.69, 9.17) is 23.7 Å². The third-order valence-electron chi connectivity index (χ3n) is 6.76. The van der Waals surface area contributed by atoms with Crippen molar-refractivity contribution in [2.75, 3.05) is 0 Å². The number of rotatable bonds is 12. The van der Waals surface area contributed by atoms with Gasteiger partial charge >= 0.3 is 5.69 Å². The number of hydrogen-bond donors (Lipinski definition) is 0. The predicted octanol–water partition coefficient (Wildman–Crippen LogP) is 5.87.